The molecule has 2 aromatic carbocycles. The average Bonchev–Trinajstić information content (AvgIpc) is 3.82. The molecule has 7 rings (SSSR count). The fraction of sp³-hybridized carbons (Fsp3) is 0.233. The standard InChI is InChI=1S/C30H27N7O/c38-18-24-22-4-2-1-3-19(22)7-8-25(24)34-27-15-21(9-10-33-27)29-35-26-17-32-16-23(20-5-6-20)28(26)30(36-29)37-13-11-31-12-14-37/h1-4,7-10,15-18,20,31H,5-6,11-14H2,(H,33,34). The van der Waals surface area contributed by atoms with Crippen LogP contribution >= 0.6 is 0 Å². The van der Waals surface area contributed by atoms with Crippen molar-refractivity contribution in [2.75, 3.05) is 36.4 Å². The highest BCUT2D eigenvalue weighted by atomic mass is 16.1. The highest BCUT2D eigenvalue weighted by molar-refractivity contribution is 6.04. The number of fused-ring (bicyclic) bond motifs is 2. The molecule has 3 aromatic heterocycles. The van der Waals surface area contributed by atoms with Crippen molar-refractivity contribution in [2.24, 2.45) is 0 Å². The molecule has 188 valence electrons. The van der Waals surface area contributed by atoms with Crippen LogP contribution in [0.1, 0.15) is 34.7 Å². The van der Waals surface area contributed by atoms with E-state index in [1.807, 2.05) is 60.9 Å². The zero-order valence-electron chi connectivity index (χ0n) is 20.9. The first kappa shape index (κ1) is 22.7. The summed E-state index contributed by atoms with van der Waals surface area (Å²) in [6.45, 7) is 3.66. The Kier molecular flexibility index (Phi) is 5.66. The molecule has 1 aliphatic heterocycles. The molecule has 1 saturated heterocycles. The summed E-state index contributed by atoms with van der Waals surface area (Å²) in [4.78, 5) is 33.5. The van der Waals surface area contributed by atoms with Gasteiger partial charge in [0.1, 0.15) is 11.6 Å². The minimum Gasteiger partial charge on any atom is -0.353 e. The molecular weight excluding hydrogens is 474 g/mol. The molecule has 8 nitrogen and oxygen atoms in total. The number of hydrogen-bond donors (Lipinski definition) is 2. The minimum atomic E-state index is 0.549. The number of aromatic nitrogens is 4. The molecule has 0 bridgehead atoms. The quantitative estimate of drug-likeness (QED) is 0.311. The maximum atomic E-state index is 12.0. The normalized spacial score (nSPS) is 15.6. The maximum Gasteiger partial charge on any atom is 0.162 e. The number of nitrogens with zero attached hydrogens (tertiary/aromatic N) is 5. The Morgan fingerprint density at radius 2 is 1.87 bits per heavy atom. The van der Waals surface area contributed by atoms with Gasteiger partial charge in [0.2, 0.25) is 0 Å². The highest BCUT2D eigenvalue weighted by Crippen LogP contribution is 2.45. The van der Waals surface area contributed by atoms with E-state index >= 15 is 0 Å². The average molecular weight is 502 g/mol. The van der Waals surface area contributed by atoms with Crippen molar-refractivity contribution in [3.05, 3.63) is 78.2 Å². The van der Waals surface area contributed by atoms with Gasteiger partial charge < -0.3 is 15.5 Å². The molecule has 38 heavy (non-hydrogen) atoms. The van der Waals surface area contributed by atoms with Crippen LogP contribution in [0.2, 0.25) is 0 Å². The number of nitrogens with one attached hydrogen (secondary N) is 2. The summed E-state index contributed by atoms with van der Waals surface area (Å²) < 4.78 is 0. The molecule has 0 spiro atoms. The maximum absolute atomic E-state index is 12.0. The number of anilines is 3. The first-order chi connectivity index (χ1) is 18.8. The van der Waals surface area contributed by atoms with Crippen molar-refractivity contribution in [1.82, 2.24) is 25.3 Å². The van der Waals surface area contributed by atoms with Crippen LogP contribution in [0.15, 0.2) is 67.1 Å². The van der Waals surface area contributed by atoms with Gasteiger partial charge in [0.25, 0.3) is 0 Å². The van der Waals surface area contributed by atoms with Gasteiger partial charge in [-0.1, -0.05) is 30.3 Å². The third-order valence-corrected chi connectivity index (χ3v) is 7.42. The lowest BCUT2D eigenvalue weighted by atomic mass is 10.0. The van der Waals surface area contributed by atoms with Gasteiger partial charge in [-0.3, -0.25) is 9.78 Å². The predicted octanol–water partition coefficient (Wildman–Crippen LogP) is 5.08. The van der Waals surface area contributed by atoms with Gasteiger partial charge in [0.15, 0.2) is 12.1 Å². The number of hydrogen-bond acceptors (Lipinski definition) is 8. The van der Waals surface area contributed by atoms with Crippen molar-refractivity contribution < 1.29 is 4.79 Å². The van der Waals surface area contributed by atoms with E-state index in [-0.39, 0.29) is 0 Å². The van der Waals surface area contributed by atoms with E-state index in [9.17, 15) is 4.79 Å². The first-order valence-corrected chi connectivity index (χ1v) is 13.1. The molecule has 2 N–H and O–H groups in total. The largest absolute Gasteiger partial charge is 0.353 e. The van der Waals surface area contributed by atoms with Crippen molar-refractivity contribution in [3.8, 4) is 11.4 Å². The van der Waals surface area contributed by atoms with Gasteiger partial charge in [-0.15, -0.1) is 0 Å². The molecule has 2 aliphatic rings. The van der Waals surface area contributed by atoms with Crippen LogP contribution in [0.4, 0.5) is 17.3 Å². The number of piperazine rings is 1. The third-order valence-electron chi connectivity index (χ3n) is 7.42. The molecule has 2 fully saturated rings. The SMILES string of the molecule is O=Cc1c(Nc2cc(-c3nc(N4CCNCC4)c4c(C5CC5)cncc4n3)ccn2)ccc2ccccc12. The number of carbonyl (C=O) groups excluding carboxylic acids is 1. The van der Waals surface area contributed by atoms with E-state index in [1.54, 1.807) is 6.20 Å². The van der Waals surface area contributed by atoms with Gasteiger partial charge >= 0.3 is 0 Å². The molecule has 1 aliphatic carbocycles. The van der Waals surface area contributed by atoms with Gasteiger partial charge in [-0.25, -0.2) is 15.0 Å². The van der Waals surface area contributed by atoms with Crippen molar-refractivity contribution in [2.45, 2.75) is 18.8 Å². The van der Waals surface area contributed by atoms with Crippen LogP contribution in [0, 0.1) is 0 Å². The second-order valence-electron chi connectivity index (χ2n) is 9.93. The molecule has 4 heterocycles. The molecule has 0 radical (unpaired) electrons. The lowest BCUT2D eigenvalue weighted by Crippen LogP contribution is -2.44. The molecule has 0 unspecified atom stereocenters. The van der Waals surface area contributed by atoms with Gasteiger partial charge in [-0.2, -0.15) is 0 Å². The minimum absolute atomic E-state index is 0.549. The summed E-state index contributed by atoms with van der Waals surface area (Å²) in [7, 11) is 0. The first-order valence-electron chi connectivity index (χ1n) is 13.1. The Bertz CT molecular complexity index is 1680. The van der Waals surface area contributed by atoms with Crippen molar-refractivity contribution in [3.63, 3.8) is 0 Å². The number of aldehydes is 1. The third kappa shape index (κ3) is 4.13. The van der Waals surface area contributed by atoms with Crippen LogP contribution in [0.25, 0.3) is 33.1 Å². The summed E-state index contributed by atoms with van der Waals surface area (Å²) in [5, 5.41) is 9.84. The van der Waals surface area contributed by atoms with E-state index in [1.165, 1.54) is 18.4 Å². The Labute approximate surface area is 220 Å². The van der Waals surface area contributed by atoms with Gasteiger partial charge in [-0.05, 0) is 53.3 Å². The van der Waals surface area contributed by atoms with E-state index in [0.29, 0.717) is 28.8 Å². The molecule has 0 amide bonds. The van der Waals surface area contributed by atoms with Crippen molar-refractivity contribution >= 4 is 45.3 Å². The van der Waals surface area contributed by atoms with E-state index < -0.39 is 0 Å². The lowest BCUT2D eigenvalue weighted by molar-refractivity contribution is 0.112. The Balaban J connectivity index is 1.30. The molecular formula is C30H27N7O. The Hall–Kier alpha value is -4.43. The second kappa shape index (κ2) is 9.46. The summed E-state index contributed by atoms with van der Waals surface area (Å²) in [6, 6.07) is 15.6. The Morgan fingerprint density at radius 3 is 2.71 bits per heavy atom. The van der Waals surface area contributed by atoms with Crippen LogP contribution in [0.5, 0.6) is 0 Å². The number of rotatable bonds is 6. The second-order valence-corrected chi connectivity index (χ2v) is 9.93. The van der Waals surface area contributed by atoms with E-state index in [0.717, 1.165) is 65.5 Å². The highest BCUT2D eigenvalue weighted by Gasteiger charge is 2.29. The summed E-state index contributed by atoms with van der Waals surface area (Å²) in [6.07, 6.45) is 8.88. The number of benzene rings is 2. The zero-order chi connectivity index (χ0) is 25.5. The molecule has 5 aromatic rings. The summed E-state index contributed by atoms with van der Waals surface area (Å²) >= 11 is 0. The Morgan fingerprint density at radius 1 is 1.00 bits per heavy atom. The fourth-order valence-corrected chi connectivity index (χ4v) is 5.33. The van der Waals surface area contributed by atoms with Crippen LogP contribution in [-0.4, -0.2) is 52.4 Å². The molecule has 8 heteroatoms. The van der Waals surface area contributed by atoms with E-state index in [2.05, 4.69) is 25.5 Å². The van der Waals surface area contributed by atoms with Gasteiger partial charge in [0.05, 0.1) is 17.4 Å². The van der Waals surface area contributed by atoms with Gasteiger partial charge in [0, 0.05) is 55.1 Å². The smallest absolute Gasteiger partial charge is 0.162 e. The van der Waals surface area contributed by atoms with Crippen LogP contribution in [-0.2, 0) is 0 Å². The zero-order valence-corrected chi connectivity index (χ0v) is 20.9. The van der Waals surface area contributed by atoms with Crippen LogP contribution in [0.3, 0.4) is 0 Å². The van der Waals surface area contributed by atoms with Crippen LogP contribution < -0.4 is 15.5 Å². The fourth-order valence-electron chi connectivity index (χ4n) is 5.33. The summed E-state index contributed by atoms with van der Waals surface area (Å²) in [5.41, 5.74) is 4.31. The summed E-state index contributed by atoms with van der Waals surface area (Å²) in [5.74, 6) is 2.80. The topological polar surface area (TPSA) is 95.9 Å². The lowest BCUT2D eigenvalue weighted by Gasteiger charge is -2.30. The van der Waals surface area contributed by atoms with E-state index in [4.69, 9.17) is 9.97 Å². The monoisotopic (exact) mass is 501 g/mol. The molecule has 1 saturated carbocycles. The number of carbonyl (C=O) groups is 1. The predicted molar refractivity (Wildman–Crippen MR) is 150 cm³/mol. The molecule has 0 atom stereocenters. The van der Waals surface area contributed by atoms with Crippen molar-refractivity contribution in [1.29, 1.82) is 0 Å². The number of pyridine rings is 2.